The molecule has 0 spiro atoms. The summed E-state index contributed by atoms with van der Waals surface area (Å²) < 4.78 is 10.9. The molecular weight excluding hydrogens is 404 g/mol. The molecule has 0 atom stereocenters. The second-order valence-electron chi connectivity index (χ2n) is 8.29. The highest BCUT2D eigenvalue weighted by molar-refractivity contribution is 5.70. The first kappa shape index (κ1) is 22.0. The molecule has 1 aliphatic heterocycles. The Labute approximate surface area is 189 Å². The summed E-state index contributed by atoms with van der Waals surface area (Å²) >= 11 is 0. The largest absolute Gasteiger partial charge is 0.415 e. The van der Waals surface area contributed by atoms with Crippen molar-refractivity contribution >= 4 is 6.09 Å². The number of piperazine rings is 1. The number of benzene rings is 1. The molecule has 7 nitrogen and oxygen atoms in total. The van der Waals surface area contributed by atoms with E-state index in [-0.39, 0.29) is 6.09 Å². The van der Waals surface area contributed by atoms with Crippen molar-refractivity contribution in [2.45, 2.75) is 33.1 Å². The van der Waals surface area contributed by atoms with Gasteiger partial charge in [-0.2, -0.15) is 0 Å². The van der Waals surface area contributed by atoms with E-state index in [0.717, 1.165) is 56.0 Å². The third-order valence-electron chi connectivity index (χ3n) is 5.88. The zero-order valence-electron chi connectivity index (χ0n) is 18.8. The lowest BCUT2D eigenvalue weighted by atomic mass is 10.1. The van der Waals surface area contributed by atoms with E-state index < -0.39 is 0 Å². The molecule has 0 aliphatic carbocycles. The summed E-state index contributed by atoms with van der Waals surface area (Å²) in [5, 5.41) is 3.92. The number of hydrogen-bond acceptors (Lipinski definition) is 6. The van der Waals surface area contributed by atoms with E-state index in [2.05, 4.69) is 28.0 Å². The van der Waals surface area contributed by atoms with Gasteiger partial charge in [-0.1, -0.05) is 23.4 Å². The van der Waals surface area contributed by atoms with Crippen molar-refractivity contribution in [2.24, 2.45) is 0 Å². The van der Waals surface area contributed by atoms with Gasteiger partial charge >= 0.3 is 6.09 Å². The molecule has 3 aromatic rings. The van der Waals surface area contributed by atoms with Gasteiger partial charge in [-0.15, -0.1) is 0 Å². The first-order valence-corrected chi connectivity index (χ1v) is 11.2. The standard InChI is InChI=1S/C25H30N4O3/c1-19-4-3-12-26-24(19)10-7-21-5-8-22(9-6-21)31-25(30)29-16-14-28(15-17-29)13-11-23-18-20(2)27-32-23/h3-6,8-9,12,18H,7,10-11,13-17H2,1-2H3. The van der Waals surface area contributed by atoms with Gasteiger partial charge in [-0.25, -0.2) is 4.79 Å². The van der Waals surface area contributed by atoms with Crippen LogP contribution >= 0.6 is 0 Å². The molecule has 0 N–H and O–H groups in total. The van der Waals surface area contributed by atoms with Crippen LogP contribution in [0.5, 0.6) is 5.75 Å². The number of carbonyl (C=O) groups excluding carboxylic acids is 1. The van der Waals surface area contributed by atoms with Gasteiger partial charge in [0.05, 0.1) is 5.69 Å². The summed E-state index contributed by atoms with van der Waals surface area (Å²) in [4.78, 5) is 21.1. The maximum Gasteiger partial charge on any atom is 0.415 e. The van der Waals surface area contributed by atoms with Crippen LogP contribution < -0.4 is 4.74 Å². The fourth-order valence-electron chi connectivity index (χ4n) is 3.89. The van der Waals surface area contributed by atoms with Gasteiger partial charge in [0, 0.05) is 57.1 Å². The van der Waals surface area contributed by atoms with Crippen LogP contribution in [-0.4, -0.2) is 58.8 Å². The summed E-state index contributed by atoms with van der Waals surface area (Å²) in [5.41, 5.74) is 4.44. The number of hydrogen-bond donors (Lipinski definition) is 0. The third kappa shape index (κ3) is 5.95. The van der Waals surface area contributed by atoms with Gasteiger partial charge in [0.1, 0.15) is 11.5 Å². The number of nitrogens with zero attached hydrogens (tertiary/aromatic N) is 4. The average Bonchev–Trinajstić information content (AvgIpc) is 3.23. The summed E-state index contributed by atoms with van der Waals surface area (Å²) in [7, 11) is 0. The summed E-state index contributed by atoms with van der Waals surface area (Å²) in [6.45, 7) is 7.89. The second kappa shape index (κ2) is 10.4. The van der Waals surface area contributed by atoms with Crippen molar-refractivity contribution < 1.29 is 14.1 Å². The van der Waals surface area contributed by atoms with E-state index in [1.807, 2.05) is 49.5 Å². The number of ether oxygens (including phenoxy) is 1. The molecule has 0 bridgehead atoms. The molecular formula is C25H30N4O3. The van der Waals surface area contributed by atoms with E-state index in [1.165, 1.54) is 11.1 Å². The summed E-state index contributed by atoms with van der Waals surface area (Å²) in [6, 6.07) is 13.8. The first-order chi connectivity index (χ1) is 15.6. The SMILES string of the molecule is Cc1cc(CCN2CCN(C(=O)Oc3ccc(CCc4ncccc4C)cc3)CC2)on1. The Morgan fingerprint density at radius 3 is 2.50 bits per heavy atom. The monoisotopic (exact) mass is 434 g/mol. The van der Waals surface area contributed by atoms with Crippen molar-refractivity contribution in [1.82, 2.24) is 19.9 Å². The molecule has 7 heteroatoms. The Balaban J connectivity index is 1.20. The van der Waals surface area contributed by atoms with Crippen LogP contribution in [0.3, 0.4) is 0 Å². The van der Waals surface area contributed by atoms with Crippen LogP contribution in [0.15, 0.2) is 53.2 Å². The third-order valence-corrected chi connectivity index (χ3v) is 5.88. The van der Waals surface area contributed by atoms with E-state index in [1.54, 1.807) is 4.90 Å². The Bertz CT molecular complexity index is 1020. The van der Waals surface area contributed by atoms with Crippen molar-refractivity contribution in [3.05, 3.63) is 76.9 Å². The van der Waals surface area contributed by atoms with Crippen molar-refractivity contribution in [2.75, 3.05) is 32.7 Å². The fourth-order valence-corrected chi connectivity index (χ4v) is 3.89. The van der Waals surface area contributed by atoms with Crippen LogP contribution in [-0.2, 0) is 19.3 Å². The van der Waals surface area contributed by atoms with Crippen molar-refractivity contribution in [1.29, 1.82) is 0 Å². The van der Waals surface area contributed by atoms with Crippen molar-refractivity contribution in [3.8, 4) is 5.75 Å². The Hall–Kier alpha value is -3.19. The quantitative estimate of drug-likeness (QED) is 0.563. The fraction of sp³-hybridized carbons (Fsp3) is 0.400. The molecule has 1 fully saturated rings. The number of carbonyl (C=O) groups is 1. The first-order valence-electron chi connectivity index (χ1n) is 11.2. The smallest absolute Gasteiger partial charge is 0.410 e. The molecule has 1 amide bonds. The van der Waals surface area contributed by atoms with Gasteiger partial charge in [-0.05, 0) is 56.0 Å². The topological polar surface area (TPSA) is 71.7 Å². The number of aromatic nitrogens is 2. The van der Waals surface area contributed by atoms with Gasteiger partial charge < -0.3 is 14.2 Å². The van der Waals surface area contributed by atoms with Crippen molar-refractivity contribution in [3.63, 3.8) is 0 Å². The van der Waals surface area contributed by atoms with E-state index in [9.17, 15) is 4.79 Å². The van der Waals surface area contributed by atoms with Gasteiger partial charge in [0.15, 0.2) is 0 Å². The number of pyridine rings is 1. The maximum atomic E-state index is 12.5. The lowest BCUT2D eigenvalue weighted by Gasteiger charge is -2.33. The van der Waals surface area contributed by atoms with Crippen LogP contribution in [0.1, 0.15) is 28.3 Å². The minimum Gasteiger partial charge on any atom is -0.410 e. The molecule has 1 aromatic carbocycles. The highest BCUT2D eigenvalue weighted by Crippen LogP contribution is 2.16. The van der Waals surface area contributed by atoms with Crippen LogP contribution in [0.4, 0.5) is 4.79 Å². The molecule has 0 unspecified atom stereocenters. The lowest BCUT2D eigenvalue weighted by Crippen LogP contribution is -2.49. The summed E-state index contributed by atoms with van der Waals surface area (Å²) in [5.74, 6) is 1.49. The molecule has 168 valence electrons. The Morgan fingerprint density at radius 2 is 1.81 bits per heavy atom. The molecule has 0 saturated carbocycles. The molecule has 4 rings (SSSR count). The normalized spacial score (nSPS) is 14.5. The number of amides is 1. The van der Waals surface area contributed by atoms with Gasteiger partial charge in [0.25, 0.3) is 0 Å². The molecule has 32 heavy (non-hydrogen) atoms. The van der Waals surface area contributed by atoms with Crippen LogP contribution in [0, 0.1) is 13.8 Å². The Kier molecular flexibility index (Phi) is 7.17. The second-order valence-corrected chi connectivity index (χ2v) is 8.29. The predicted molar refractivity (Wildman–Crippen MR) is 122 cm³/mol. The van der Waals surface area contributed by atoms with E-state index in [4.69, 9.17) is 9.26 Å². The zero-order valence-corrected chi connectivity index (χ0v) is 18.8. The predicted octanol–water partition coefficient (Wildman–Crippen LogP) is 3.83. The maximum absolute atomic E-state index is 12.5. The average molecular weight is 435 g/mol. The van der Waals surface area contributed by atoms with Crippen LogP contribution in [0.25, 0.3) is 0 Å². The highest BCUT2D eigenvalue weighted by atomic mass is 16.6. The van der Waals surface area contributed by atoms with E-state index >= 15 is 0 Å². The molecule has 1 saturated heterocycles. The Morgan fingerprint density at radius 1 is 1.03 bits per heavy atom. The molecule has 2 aromatic heterocycles. The molecule has 0 radical (unpaired) electrons. The molecule has 3 heterocycles. The van der Waals surface area contributed by atoms with Gasteiger partial charge in [-0.3, -0.25) is 9.88 Å². The van der Waals surface area contributed by atoms with E-state index in [0.29, 0.717) is 18.8 Å². The minimum atomic E-state index is -0.285. The highest BCUT2D eigenvalue weighted by Gasteiger charge is 2.22. The lowest BCUT2D eigenvalue weighted by molar-refractivity contribution is 0.110. The number of aryl methyl sites for hydroxylation is 4. The minimum absolute atomic E-state index is 0.285. The summed E-state index contributed by atoms with van der Waals surface area (Å²) in [6.07, 6.45) is 4.18. The zero-order chi connectivity index (χ0) is 22.3. The van der Waals surface area contributed by atoms with Gasteiger partial charge in [0.2, 0.25) is 0 Å². The molecule has 1 aliphatic rings. The number of rotatable bonds is 7. The van der Waals surface area contributed by atoms with Crippen LogP contribution in [0.2, 0.25) is 0 Å².